The molecule has 0 aliphatic carbocycles. The van der Waals surface area contributed by atoms with E-state index >= 15 is 0 Å². The first-order valence-electron chi connectivity index (χ1n) is 9.41. The molecular weight excluding hydrogens is 346 g/mol. The number of likely N-dealkylation sites (tertiary alicyclic amines) is 1. The molecule has 0 aromatic carbocycles. The zero-order valence-electron chi connectivity index (χ0n) is 15.6. The van der Waals surface area contributed by atoms with E-state index in [1.54, 1.807) is 18.5 Å². The molecule has 2 amide bonds. The number of hydrogen-bond acceptors (Lipinski definition) is 4. The van der Waals surface area contributed by atoms with Gasteiger partial charge in [-0.3, -0.25) is 9.59 Å². The number of hydrogen-bond donors (Lipinski definition) is 2. The van der Waals surface area contributed by atoms with Gasteiger partial charge in [0.25, 0.3) is 11.8 Å². The smallest absolute Gasteiger partial charge is 0.270 e. The molecule has 2 aliphatic heterocycles. The molecule has 1 atom stereocenters. The Morgan fingerprint density at radius 3 is 2.81 bits per heavy atom. The van der Waals surface area contributed by atoms with Gasteiger partial charge in [0.05, 0.1) is 6.54 Å². The lowest BCUT2D eigenvalue weighted by Gasteiger charge is -2.45. The highest BCUT2D eigenvalue weighted by atomic mass is 16.5. The van der Waals surface area contributed by atoms with Gasteiger partial charge < -0.3 is 24.5 Å². The lowest BCUT2D eigenvalue weighted by molar-refractivity contribution is -0.172. The number of H-pyrrole nitrogens is 1. The van der Waals surface area contributed by atoms with Crippen LogP contribution in [0.15, 0.2) is 30.7 Å². The van der Waals surface area contributed by atoms with Gasteiger partial charge in [-0.15, -0.1) is 0 Å². The van der Waals surface area contributed by atoms with Gasteiger partial charge in [0.2, 0.25) is 0 Å². The molecule has 144 valence electrons. The highest BCUT2D eigenvalue weighted by molar-refractivity contribution is 5.92. The van der Waals surface area contributed by atoms with Crippen LogP contribution in [-0.2, 0) is 21.7 Å². The third kappa shape index (κ3) is 3.25. The maximum absolute atomic E-state index is 12.6. The molecule has 1 fully saturated rings. The van der Waals surface area contributed by atoms with Crippen LogP contribution < -0.4 is 5.32 Å². The summed E-state index contributed by atoms with van der Waals surface area (Å²) < 4.78 is 8.35. The second-order valence-electron chi connectivity index (χ2n) is 7.54. The molecule has 0 saturated carbocycles. The molecule has 0 radical (unpaired) electrons. The molecule has 4 rings (SSSR count). The zero-order valence-corrected chi connectivity index (χ0v) is 15.6. The molecule has 0 bridgehead atoms. The third-order valence-corrected chi connectivity index (χ3v) is 5.26. The highest BCUT2D eigenvalue weighted by Gasteiger charge is 2.47. The van der Waals surface area contributed by atoms with Crippen LogP contribution >= 0.6 is 0 Å². The fourth-order valence-electron chi connectivity index (χ4n) is 3.96. The van der Waals surface area contributed by atoms with Crippen LogP contribution in [0, 0.1) is 0 Å². The summed E-state index contributed by atoms with van der Waals surface area (Å²) in [6.45, 7) is 5.45. The van der Waals surface area contributed by atoms with Crippen molar-refractivity contribution in [3.05, 3.63) is 42.2 Å². The molecule has 2 aromatic heterocycles. The van der Waals surface area contributed by atoms with Crippen LogP contribution in [0.5, 0.6) is 0 Å². The Balaban J connectivity index is 1.52. The zero-order chi connectivity index (χ0) is 19.0. The lowest BCUT2D eigenvalue weighted by Crippen LogP contribution is -2.55. The summed E-state index contributed by atoms with van der Waals surface area (Å²) >= 11 is 0. The minimum Gasteiger partial charge on any atom is -0.357 e. The van der Waals surface area contributed by atoms with E-state index in [1.165, 1.54) is 0 Å². The molecular formula is C19H25N5O3. The molecule has 1 saturated heterocycles. The molecule has 0 unspecified atom stereocenters. The van der Waals surface area contributed by atoms with Crippen molar-refractivity contribution in [2.45, 2.75) is 51.0 Å². The highest BCUT2D eigenvalue weighted by Crippen LogP contribution is 2.40. The monoisotopic (exact) mass is 371 g/mol. The number of amides is 2. The summed E-state index contributed by atoms with van der Waals surface area (Å²) in [5, 5.41) is 2.94. The van der Waals surface area contributed by atoms with E-state index in [9.17, 15) is 9.59 Å². The predicted molar refractivity (Wildman–Crippen MR) is 98.0 cm³/mol. The Hall–Kier alpha value is -2.61. The number of imidazole rings is 1. The van der Waals surface area contributed by atoms with Gasteiger partial charge in [-0.25, -0.2) is 4.98 Å². The molecule has 8 heteroatoms. The van der Waals surface area contributed by atoms with Gasteiger partial charge in [-0.1, -0.05) is 0 Å². The Labute approximate surface area is 157 Å². The van der Waals surface area contributed by atoms with Gasteiger partial charge in [-0.2, -0.15) is 0 Å². The van der Waals surface area contributed by atoms with E-state index in [1.807, 2.05) is 35.6 Å². The minimum absolute atomic E-state index is 0.0110. The molecule has 2 aromatic rings. The molecule has 27 heavy (non-hydrogen) atoms. The Kier molecular flexibility index (Phi) is 4.51. The first kappa shape index (κ1) is 17.8. The topological polar surface area (TPSA) is 92.3 Å². The fourth-order valence-corrected chi connectivity index (χ4v) is 3.96. The number of aromatic nitrogens is 3. The van der Waals surface area contributed by atoms with Crippen molar-refractivity contribution in [2.24, 2.45) is 0 Å². The molecule has 8 nitrogen and oxygen atoms in total. The van der Waals surface area contributed by atoms with E-state index in [2.05, 4.69) is 15.3 Å². The normalized spacial score (nSPS) is 21.3. The number of carbonyl (C=O) groups excluding carboxylic acids is 2. The minimum atomic E-state index is -0.632. The third-order valence-electron chi connectivity index (χ3n) is 5.26. The van der Waals surface area contributed by atoms with Crippen molar-refractivity contribution in [2.75, 3.05) is 13.1 Å². The van der Waals surface area contributed by atoms with Crippen molar-refractivity contribution >= 4 is 11.8 Å². The molecule has 2 N–H and O–H groups in total. The van der Waals surface area contributed by atoms with Gasteiger partial charge >= 0.3 is 0 Å². The largest absolute Gasteiger partial charge is 0.357 e. The number of nitrogens with one attached hydrogen (secondary N) is 2. The number of carbonyl (C=O) groups is 2. The van der Waals surface area contributed by atoms with Crippen LogP contribution in [0.25, 0.3) is 0 Å². The van der Waals surface area contributed by atoms with Gasteiger partial charge in [0.1, 0.15) is 17.1 Å². The second-order valence-corrected chi connectivity index (χ2v) is 7.54. The average molecular weight is 371 g/mol. The van der Waals surface area contributed by atoms with Crippen LogP contribution in [0.4, 0.5) is 0 Å². The molecule has 4 heterocycles. The van der Waals surface area contributed by atoms with Crippen LogP contribution in [0.1, 0.15) is 43.0 Å². The van der Waals surface area contributed by atoms with Crippen molar-refractivity contribution in [3.8, 4) is 0 Å². The molecule has 1 spiro atoms. The first-order valence-corrected chi connectivity index (χ1v) is 9.41. The second kappa shape index (κ2) is 6.84. The van der Waals surface area contributed by atoms with E-state index in [4.69, 9.17) is 4.74 Å². The quantitative estimate of drug-likeness (QED) is 0.850. The fraction of sp³-hybridized carbons (Fsp3) is 0.526. The van der Waals surface area contributed by atoms with Crippen LogP contribution in [0.3, 0.4) is 0 Å². The summed E-state index contributed by atoms with van der Waals surface area (Å²) in [5.41, 5.74) is -0.0426. The van der Waals surface area contributed by atoms with E-state index in [0.717, 1.165) is 5.82 Å². The average Bonchev–Trinajstić information content (AvgIpc) is 3.33. The number of rotatable bonds is 3. The number of piperidine rings is 1. The van der Waals surface area contributed by atoms with Crippen molar-refractivity contribution in [1.29, 1.82) is 0 Å². The standard InChI is InChI=1S/C19H25N5O3/c1-13(2)22-16(25)15-12-24-11-8-21-18(24)19(27-15)5-9-23(10-6-19)17(26)14-4-3-7-20-14/h3-4,7-8,11,13,15,20H,5-6,9-10,12H2,1-2H3,(H,22,25)/t15-/m1/s1. The van der Waals surface area contributed by atoms with Gasteiger partial charge in [0, 0.05) is 50.6 Å². The summed E-state index contributed by atoms with van der Waals surface area (Å²) in [7, 11) is 0. The molecule has 2 aliphatic rings. The van der Waals surface area contributed by atoms with E-state index in [-0.39, 0.29) is 17.9 Å². The van der Waals surface area contributed by atoms with Crippen molar-refractivity contribution in [3.63, 3.8) is 0 Å². The predicted octanol–water partition coefficient (Wildman–Crippen LogP) is 1.27. The van der Waals surface area contributed by atoms with Gasteiger partial charge in [0.15, 0.2) is 6.10 Å². The Morgan fingerprint density at radius 2 is 2.15 bits per heavy atom. The maximum atomic E-state index is 12.6. The lowest BCUT2D eigenvalue weighted by atomic mass is 9.88. The number of ether oxygens (including phenoxy) is 1. The number of aromatic amines is 1. The van der Waals surface area contributed by atoms with E-state index < -0.39 is 11.7 Å². The Bertz CT molecular complexity index is 818. The summed E-state index contributed by atoms with van der Waals surface area (Å²) in [5.74, 6) is 0.736. The van der Waals surface area contributed by atoms with Crippen molar-refractivity contribution < 1.29 is 14.3 Å². The number of fused-ring (bicyclic) bond motifs is 2. The van der Waals surface area contributed by atoms with Crippen LogP contribution in [0.2, 0.25) is 0 Å². The summed E-state index contributed by atoms with van der Waals surface area (Å²) in [4.78, 5) is 34.4. The Morgan fingerprint density at radius 1 is 1.37 bits per heavy atom. The van der Waals surface area contributed by atoms with Crippen molar-refractivity contribution in [1.82, 2.24) is 24.8 Å². The maximum Gasteiger partial charge on any atom is 0.270 e. The van der Waals surface area contributed by atoms with Gasteiger partial charge in [-0.05, 0) is 26.0 Å². The SMILES string of the molecule is CC(C)NC(=O)[C@H]1Cn2ccnc2C2(CCN(C(=O)c3ccc[nH]3)CC2)O1. The van der Waals surface area contributed by atoms with E-state index in [0.29, 0.717) is 38.2 Å². The first-order chi connectivity index (χ1) is 13.0. The summed E-state index contributed by atoms with van der Waals surface area (Å²) in [6.07, 6.45) is 6.06. The number of nitrogens with zero attached hydrogens (tertiary/aromatic N) is 3. The summed E-state index contributed by atoms with van der Waals surface area (Å²) in [6, 6.07) is 3.65. The van der Waals surface area contributed by atoms with Crippen LogP contribution in [-0.4, -0.2) is 56.5 Å².